The molecule has 1 heterocycles. The van der Waals surface area contributed by atoms with Gasteiger partial charge in [-0.2, -0.15) is 0 Å². The number of hydrogen-bond acceptors (Lipinski definition) is 5. The number of aliphatic hydroxyl groups excluding tert-OH is 1. The number of amides is 1. The van der Waals surface area contributed by atoms with Crippen LogP contribution in [0.4, 0.5) is 0 Å². The number of rotatable bonds is 5. The van der Waals surface area contributed by atoms with Crippen LogP contribution in [0.1, 0.15) is 27.9 Å². The fourth-order valence-corrected chi connectivity index (χ4v) is 1.72. The maximum atomic E-state index is 11.7. The number of nitrogens with zero attached hydrogens (tertiary/aromatic N) is 1. The van der Waals surface area contributed by atoms with E-state index in [1.807, 2.05) is 0 Å². The second-order valence-electron chi connectivity index (χ2n) is 4.33. The summed E-state index contributed by atoms with van der Waals surface area (Å²) in [4.78, 5) is 11.7. The lowest BCUT2D eigenvalue weighted by Crippen LogP contribution is -2.28. The standard InChI is InChI=1S/C14H16N2O4/c1-9-6-12(16-20-9)14(18)15-8-13(17)10-4-3-5-11(7-10)19-2/h3-7,13,17H,8H2,1-2H3,(H,15,18). The number of carbonyl (C=O) groups excluding carboxylic acids is 1. The van der Waals surface area contributed by atoms with Crippen molar-refractivity contribution >= 4 is 5.91 Å². The van der Waals surface area contributed by atoms with Gasteiger partial charge >= 0.3 is 0 Å². The van der Waals surface area contributed by atoms with E-state index in [2.05, 4.69) is 10.5 Å². The Labute approximate surface area is 116 Å². The van der Waals surface area contributed by atoms with Crippen molar-refractivity contribution in [2.24, 2.45) is 0 Å². The lowest BCUT2D eigenvalue weighted by atomic mass is 10.1. The topological polar surface area (TPSA) is 84.6 Å². The van der Waals surface area contributed by atoms with Gasteiger partial charge in [-0.25, -0.2) is 0 Å². The number of aliphatic hydroxyl groups is 1. The molecule has 1 atom stereocenters. The molecule has 106 valence electrons. The lowest BCUT2D eigenvalue weighted by molar-refractivity contribution is 0.0907. The SMILES string of the molecule is COc1cccc(C(O)CNC(=O)c2cc(C)on2)c1. The summed E-state index contributed by atoms with van der Waals surface area (Å²) in [6.07, 6.45) is -0.818. The van der Waals surface area contributed by atoms with Gasteiger partial charge in [-0.1, -0.05) is 17.3 Å². The summed E-state index contributed by atoms with van der Waals surface area (Å²) >= 11 is 0. The largest absolute Gasteiger partial charge is 0.497 e. The van der Waals surface area contributed by atoms with Gasteiger partial charge < -0.3 is 19.7 Å². The molecule has 0 aliphatic heterocycles. The first kappa shape index (κ1) is 14.1. The number of aryl methyl sites for hydroxylation is 1. The van der Waals surface area contributed by atoms with Gasteiger partial charge in [0.2, 0.25) is 0 Å². The fourth-order valence-electron chi connectivity index (χ4n) is 1.72. The third kappa shape index (κ3) is 3.36. The Morgan fingerprint density at radius 3 is 2.95 bits per heavy atom. The van der Waals surface area contributed by atoms with E-state index in [4.69, 9.17) is 9.26 Å². The molecular weight excluding hydrogens is 260 g/mol. The highest BCUT2D eigenvalue weighted by atomic mass is 16.5. The molecule has 0 spiro atoms. The van der Waals surface area contributed by atoms with Crippen molar-refractivity contribution in [3.8, 4) is 5.75 Å². The van der Waals surface area contributed by atoms with Gasteiger partial charge in [-0.05, 0) is 24.6 Å². The maximum absolute atomic E-state index is 11.7. The van der Waals surface area contributed by atoms with Crippen LogP contribution in [0.5, 0.6) is 5.75 Å². The highest BCUT2D eigenvalue weighted by Crippen LogP contribution is 2.18. The molecule has 0 aliphatic carbocycles. The molecule has 0 bridgehead atoms. The second-order valence-corrected chi connectivity index (χ2v) is 4.33. The molecule has 20 heavy (non-hydrogen) atoms. The molecule has 1 amide bonds. The summed E-state index contributed by atoms with van der Waals surface area (Å²) in [5, 5.41) is 16.2. The van der Waals surface area contributed by atoms with Crippen LogP contribution in [0.3, 0.4) is 0 Å². The second kappa shape index (κ2) is 6.21. The van der Waals surface area contributed by atoms with Crippen molar-refractivity contribution in [3.63, 3.8) is 0 Å². The van der Waals surface area contributed by atoms with Crippen molar-refractivity contribution < 1.29 is 19.2 Å². The van der Waals surface area contributed by atoms with E-state index in [-0.39, 0.29) is 18.1 Å². The zero-order valence-corrected chi connectivity index (χ0v) is 11.3. The van der Waals surface area contributed by atoms with Crippen LogP contribution < -0.4 is 10.1 Å². The third-order valence-electron chi connectivity index (χ3n) is 2.80. The summed E-state index contributed by atoms with van der Waals surface area (Å²) in [5.74, 6) is 0.826. The first-order valence-electron chi connectivity index (χ1n) is 6.13. The first-order chi connectivity index (χ1) is 9.60. The van der Waals surface area contributed by atoms with E-state index in [1.165, 1.54) is 6.07 Å². The highest BCUT2D eigenvalue weighted by molar-refractivity contribution is 5.92. The Bertz CT molecular complexity index is 594. The summed E-state index contributed by atoms with van der Waals surface area (Å²) in [6.45, 7) is 1.78. The maximum Gasteiger partial charge on any atom is 0.273 e. The summed E-state index contributed by atoms with van der Waals surface area (Å²) < 4.78 is 9.90. The Morgan fingerprint density at radius 2 is 2.30 bits per heavy atom. The average Bonchev–Trinajstić information content (AvgIpc) is 2.91. The van der Waals surface area contributed by atoms with Crippen LogP contribution in [-0.4, -0.2) is 29.8 Å². The third-order valence-corrected chi connectivity index (χ3v) is 2.80. The highest BCUT2D eigenvalue weighted by Gasteiger charge is 2.14. The van der Waals surface area contributed by atoms with Gasteiger partial charge in [0.25, 0.3) is 5.91 Å². The van der Waals surface area contributed by atoms with Gasteiger partial charge in [0.1, 0.15) is 11.5 Å². The van der Waals surface area contributed by atoms with Crippen molar-refractivity contribution in [1.29, 1.82) is 0 Å². The fraction of sp³-hybridized carbons (Fsp3) is 0.286. The molecule has 1 unspecified atom stereocenters. The predicted octanol–water partition coefficient (Wildman–Crippen LogP) is 1.46. The van der Waals surface area contributed by atoms with Gasteiger partial charge in [-0.3, -0.25) is 4.79 Å². The predicted molar refractivity (Wildman–Crippen MR) is 71.5 cm³/mol. The average molecular weight is 276 g/mol. The number of aromatic nitrogens is 1. The van der Waals surface area contributed by atoms with E-state index in [0.717, 1.165) is 0 Å². The molecule has 6 nitrogen and oxygen atoms in total. The Kier molecular flexibility index (Phi) is 4.37. The number of benzene rings is 1. The molecule has 1 aromatic carbocycles. The molecule has 0 saturated carbocycles. The molecule has 0 radical (unpaired) electrons. The molecule has 1 aromatic heterocycles. The van der Waals surface area contributed by atoms with Crippen LogP contribution in [0.2, 0.25) is 0 Å². The van der Waals surface area contributed by atoms with Gasteiger partial charge in [0.05, 0.1) is 13.2 Å². The number of carbonyl (C=O) groups is 1. The number of methoxy groups -OCH3 is 1. The minimum atomic E-state index is -0.818. The normalized spacial score (nSPS) is 11.9. The van der Waals surface area contributed by atoms with Gasteiger partial charge in [0.15, 0.2) is 5.69 Å². The van der Waals surface area contributed by atoms with Crippen molar-refractivity contribution in [2.45, 2.75) is 13.0 Å². The number of hydrogen-bond donors (Lipinski definition) is 2. The summed E-state index contributed by atoms with van der Waals surface area (Å²) in [7, 11) is 1.56. The van der Waals surface area contributed by atoms with Crippen LogP contribution in [0.25, 0.3) is 0 Å². The van der Waals surface area contributed by atoms with Gasteiger partial charge in [-0.15, -0.1) is 0 Å². The van der Waals surface area contributed by atoms with Crippen molar-refractivity contribution in [1.82, 2.24) is 10.5 Å². The molecule has 6 heteroatoms. The molecule has 2 N–H and O–H groups in total. The van der Waals surface area contributed by atoms with E-state index in [0.29, 0.717) is 17.1 Å². The summed E-state index contributed by atoms with van der Waals surface area (Å²) in [6, 6.07) is 8.58. The Hall–Kier alpha value is -2.34. The minimum absolute atomic E-state index is 0.0813. The molecule has 0 aliphatic rings. The van der Waals surface area contributed by atoms with Crippen LogP contribution >= 0.6 is 0 Å². The van der Waals surface area contributed by atoms with Crippen molar-refractivity contribution in [3.05, 3.63) is 47.3 Å². The Morgan fingerprint density at radius 1 is 1.50 bits per heavy atom. The number of nitrogens with one attached hydrogen (secondary N) is 1. The van der Waals surface area contributed by atoms with E-state index >= 15 is 0 Å². The van der Waals surface area contributed by atoms with Crippen LogP contribution in [0, 0.1) is 6.92 Å². The first-order valence-corrected chi connectivity index (χ1v) is 6.13. The Balaban J connectivity index is 1.94. The minimum Gasteiger partial charge on any atom is -0.497 e. The lowest BCUT2D eigenvalue weighted by Gasteiger charge is -2.12. The number of ether oxygens (including phenoxy) is 1. The van der Waals surface area contributed by atoms with Crippen LogP contribution in [0.15, 0.2) is 34.9 Å². The van der Waals surface area contributed by atoms with Gasteiger partial charge in [0, 0.05) is 12.6 Å². The summed E-state index contributed by atoms with van der Waals surface area (Å²) in [5.41, 5.74) is 0.862. The molecular formula is C14H16N2O4. The van der Waals surface area contributed by atoms with E-state index in [9.17, 15) is 9.90 Å². The molecule has 0 fully saturated rings. The zero-order valence-electron chi connectivity index (χ0n) is 11.3. The monoisotopic (exact) mass is 276 g/mol. The van der Waals surface area contributed by atoms with Crippen LogP contribution in [-0.2, 0) is 0 Å². The molecule has 0 saturated heterocycles. The molecule has 2 aromatic rings. The van der Waals surface area contributed by atoms with E-state index in [1.54, 1.807) is 38.3 Å². The van der Waals surface area contributed by atoms with E-state index < -0.39 is 6.10 Å². The smallest absolute Gasteiger partial charge is 0.273 e. The molecule has 2 rings (SSSR count). The zero-order chi connectivity index (χ0) is 14.5. The van der Waals surface area contributed by atoms with Crippen molar-refractivity contribution in [2.75, 3.05) is 13.7 Å². The quantitative estimate of drug-likeness (QED) is 0.863.